The summed E-state index contributed by atoms with van der Waals surface area (Å²) < 4.78 is 19.3. The second kappa shape index (κ2) is 6.23. The van der Waals surface area contributed by atoms with Gasteiger partial charge in [0, 0.05) is 11.1 Å². The Morgan fingerprint density at radius 3 is 2.87 bits per heavy atom. The molecule has 84 valence electrons. The van der Waals surface area contributed by atoms with Crippen molar-refractivity contribution in [2.75, 3.05) is 6.61 Å². The molecule has 1 nitrogen and oxygen atoms in total. The molecule has 0 spiro atoms. The van der Waals surface area contributed by atoms with Crippen molar-refractivity contribution in [1.82, 2.24) is 0 Å². The standard InChI is InChI=1S/C12H16BrFO/c1-3-9(2)7-15-8-10-6-11(14)4-5-12(10)13/h4-6,9H,3,7-8H2,1-2H3. The van der Waals surface area contributed by atoms with Gasteiger partial charge in [-0.25, -0.2) is 4.39 Å². The molecule has 1 atom stereocenters. The van der Waals surface area contributed by atoms with Crippen molar-refractivity contribution in [2.24, 2.45) is 5.92 Å². The van der Waals surface area contributed by atoms with Gasteiger partial charge in [-0.1, -0.05) is 36.2 Å². The number of benzene rings is 1. The van der Waals surface area contributed by atoms with Crippen LogP contribution in [0.3, 0.4) is 0 Å². The summed E-state index contributed by atoms with van der Waals surface area (Å²) in [7, 11) is 0. The second-order valence-electron chi connectivity index (χ2n) is 3.76. The molecule has 0 aromatic heterocycles. The molecule has 0 bridgehead atoms. The van der Waals surface area contributed by atoms with E-state index in [1.165, 1.54) is 12.1 Å². The molecule has 0 amide bonds. The van der Waals surface area contributed by atoms with Crippen molar-refractivity contribution < 1.29 is 9.13 Å². The van der Waals surface area contributed by atoms with E-state index >= 15 is 0 Å². The summed E-state index contributed by atoms with van der Waals surface area (Å²) in [4.78, 5) is 0. The lowest BCUT2D eigenvalue weighted by atomic mass is 10.1. The van der Waals surface area contributed by atoms with Gasteiger partial charge in [-0.3, -0.25) is 0 Å². The number of rotatable bonds is 5. The van der Waals surface area contributed by atoms with Gasteiger partial charge in [0.2, 0.25) is 0 Å². The third kappa shape index (κ3) is 4.31. The molecular formula is C12H16BrFO. The fraction of sp³-hybridized carbons (Fsp3) is 0.500. The molecule has 1 aromatic carbocycles. The van der Waals surface area contributed by atoms with Gasteiger partial charge in [-0.2, -0.15) is 0 Å². The monoisotopic (exact) mass is 274 g/mol. The zero-order valence-corrected chi connectivity index (χ0v) is 10.7. The first-order chi connectivity index (χ1) is 7.13. The minimum atomic E-state index is -0.222. The number of hydrogen-bond acceptors (Lipinski definition) is 1. The summed E-state index contributed by atoms with van der Waals surface area (Å²) in [6, 6.07) is 4.64. The molecule has 3 heteroatoms. The van der Waals surface area contributed by atoms with Crippen molar-refractivity contribution in [3.05, 3.63) is 34.1 Å². The Hall–Kier alpha value is -0.410. The molecule has 0 aliphatic heterocycles. The number of ether oxygens (including phenoxy) is 1. The molecule has 0 aliphatic rings. The zero-order chi connectivity index (χ0) is 11.3. The van der Waals surface area contributed by atoms with Gasteiger partial charge >= 0.3 is 0 Å². The quantitative estimate of drug-likeness (QED) is 0.784. The summed E-state index contributed by atoms with van der Waals surface area (Å²) in [5.74, 6) is 0.331. The molecule has 0 aliphatic carbocycles. The summed E-state index contributed by atoms with van der Waals surface area (Å²) in [6.07, 6.45) is 1.10. The topological polar surface area (TPSA) is 9.23 Å². The highest BCUT2D eigenvalue weighted by Crippen LogP contribution is 2.19. The van der Waals surface area contributed by atoms with Gasteiger partial charge in [0.15, 0.2) is 0 Å². The smallest absolute Gasteiger partial charge is 0.123 e. The van der Waals surface area contributed by atoms with E-state index in [2.05, 4.69) is 29.8 Å². The highest BCUT2D eigenvalue weighted by atomic mass is 79.9. The summed E-state index contributed by atoms with van der Waals surface area (Å²) in [5.41, 5.74) is 0.860. The van der Waals surface area contributed by atoms with E-state index in [-0.39, 0.29) is 5.82 Å². The van der Waals surface area contributed by atoms with Crippen LogP contribution >= 0.6 is 15.9 Å². The Morgan fingerprint density at radius 2 is 2.20 bits per heavy atom. The molecule has 1 aromatic rings. The molecule has 0 N–H and O–H groups in total. The molecule has 1 unspecified atom stereocenters. The lowest BCUT2D eigenvalue weighted by Gasteiger charge is -2.10. The molecule has 0 fully saturated rings. The molecule has 0 heterocycles. The molecular weight excluding hydrogens is 259 g/mol. The van der Waals surface area contributed by atoms with Crippen LogP contribution in [0, 0.1) is 11.7 Å². The minimum absolute atomic E-state index is 0.222. The van der Waals surface area contributed by atoms with Gasteiger partial charge in [0.25, 0.3) is 0 Å². The molecule has 1 rings (SSSR count). The van der Waals surface area contributed by atoms with Crippen LogP contribution in [0.1, 0.15) is 25.8 Å². The van der Waals surface area contributed by atoms with Crippen molar-refractivity contribution in [3.63, 3.8) is 0 Å². The fourth-order valence-corrected chi connectivity index (χ4v) is 1.50. The fourth-order valence-electron chi connectivity index (χ4n) is 1.14. The minimum Gasteiger partial charge on any atom is -0.376 e. The largest absolute Gasteiger partial charge is 0.376 e. The molecule has 0 saturated carbocycles. The average Bonchev–Trinajstić information content (AvgIpc) is 2.23. The van der Waals surface area contributed by atoms with Crippen LogP contribution in [0.15, 0.2) is 22.7 Å². The Morgan fingerprint density at radius 1 is 1.47 bits per heavy atom. The Bertz CT molecular complexity index is 314. The van der Waals surface area contributed by atoms with E-state index in [9.17, 15) is 4.39 Å². The van der Waals surface area contributed by atoms with Crippen LogP contribution in [0.4, 0.5) is 4.39 Å². The molecule has 15 heavy (non-hydrogen) atoms. The Balaban J connectivity index is 2.46. The highest BCUT2D eigenvalue weighted by Gasteiger charge is 2.03. The second-order valence-corrected chi connectivity index (χ2v) is 4.62. The van der Waals surface area contributed by atoms with Crippen molar-refractivity contribution in [3.8, 4) is 0 Å². The first kappa shape index (κ1) is 12.7. The highest BCUT2D eigenvalue weighted by molar-refractivity contribution is 9.10. The SMILES string of the molecule is CCC(C)COCc1cc(F)ccc1Br. The van der Waals surface area contributed by atoms with Crippen LogP contribution in [-0.2, 0) is 11.3 Å². The average molecular weight is 275 g/mol. The predicted molar refractivity (Wildman–Crippen MR) is 63.2 cm³/mol. The lowest BCUT2D eigenvalue weighted by molar-refractivity contribution is 0.0905. The number of hydrogen-bond donors (Lipinski definition) is 0. The van der Waals surface area contributed by atoms with Crippen LogP contribution in [-0.4, -0.2) is 6.61 Å². The molecule has 0 saturated heterocycles. The van der Waals surface area contributed by atoms with Gasteiger partial charge in [-0.15, -0.1) is 0 Å². The van der Waals surface area contributed by atoms with Gasteiger partial charge < -0.3 is 4.74 Å². The third-order valence-corrected chi connectivity index (χ3v) is 3.14. The van der Waals surface area contributed by atoms with Gasteiger partial charge in [-0.05, 0) is 29.7 Å². The van der Waals surface area contributed by atoms with Crippen LogP contribution in [0.2, 0.25) is 0 Å². The van der Waals surface area contributed by atoms with Crippen molar-refractivity contribution >= 4 is 15.9 Å². The van der Waals surface area contributed by atoms with E-state index in [1.54, 1.807) is 6.07 Å². The lowest BCUT2D eigenvalue weighted by Crippen LogP contribution is -2.05. The summed E-state index contributed by atoms with van der Waals surface area (Å²) >= 11 is 3.37. The number of halogens is 2. The summed E-state index contributed by atoms with van der Waals surface area (Å²) in [5, 5.41) is 0. The van der Waals surface area contributed by atoms with E-state index in [0.29, 0.717) is 12.5 Å². The van der Waals surface area contributed by atoms with Crippen LogP contribution < -0.4 is 0 Å². The van der Waals surface area contributed by atoms with Gasteiger partial charge in [0.05, 0.1) is 6.61 Å². The Labute approximate surface area is 98.8 Å². The maximum atomic E-state index is 12.9. The van der Waals surface area contributed by atoms with E-state index in [0.717, 1.165) is 23.1 Å². The Kier molecular flexibility index (Phi) is 5.26. The normalized spacial score (nSPS) is 12.8. The maximum Gasteiger partial charge on any atom is 0.123 e. The van der Waals surface area contributed by atoms with Crippen molar-refractivity contribution in [1.29, 1.82) is 0 Å². The first-order valence-corrected chi connectivity index (χ1v) is 5.94. The predicted octanol–water partition coefficient (Wildman–Crippen LogP) is 4.15. The van der Waals surface area contributed by atoms with E-state index in [4.69, 9.17) is 4.74 Å². The first-order valence-electron chi connectivity index (χ1n) is 5.15. The van der Waals surface area contributed by atoms with E-state index in [1.807, 2.05) is 0 Å². The van der Waals surface area contributed by atoms with Crippen LogP contribution in [0.5, 0.6) is 0 Å². The molecule has 0 radical (unpaired) electrons. The summed E-state index contributed by atoms with van der Waals surface area (Å²) in [6.45, 7) is 5.45. The van der Waals surface area contributed by atoms with Crippen molar-refractivity contribution in [2.45, 2.75) is 26.9 Å². The zero-order valence-electron chi connectivity index (χ0n) is 9.09. The van der Waals surface area contributed by atoms with E-state index < -0.39 is 0 Å². The maximum absolute atomic E-state index is 12.9. The van der Waals surface area contributed by atoms with Gasteiger partial charge in [0.1, 0.15) is 5.82 Å². The third-order valence-electron chi connectivity index (χ3n) is 2.36. The van der Waals surface area contributed by atoms with Crippen LogP contribution in [0.25, 0.3) is 0 Å².